The second-order valence-corrected chi connectivity index (χ2v) is 5.42. The van der Waals surface area contributed by atoms with Crippen molar-refractivity contribution in [2.75, 3.05) is 13.2 Å². The standard InChI is InChI=1S/C15H21N3O2/c1-11(12-5-9-19-10-12)17-14(13-4-3-8-20-13)15-16-6-7-18(15)2/h3-4,6-8,11-12,14,17H,5,9-10H2,1-2H3. The number of ether oxygens (including phenoxy) is 1. The van der Waals surface area contributed by atoms with Crippen LogP contribution >= 0.6 is 0 Å². The van der Waals surface area contributed by atoms with Crippen LogP contribution in [0, 0.1) is 5.92 Å². The molecule has 0 spiro atoms. The lowest BCUT2D eigenvalue weighted by molar-refractivity contribution is 0.176. The summed E-state index contributed by atoms with van der Waals surface area (Å²) in [7, 11) is 2.00. The maximum absolute atomic E-state index is 5.59. The molecule has 3 unspecified atom stereocenters. The predicted molar refractivity (Wildman–Crippen MR) is 75.3 cm³/mol. The highest BCUT2D eigenvalue weighted by molar-refractivity contribution is 5.16. The first-order chi connectivity index (χ1) is 9.75. The van der Waals surface area contributed by atoms with Crippen LogP contribution in [0.1, 0.15) is 31.0 Å². The number of imidazole rings is 1. The number of nitrogens with one attached hydrogen (secondary N) is 1. The van der Waals surface area contributed by atoms with Crippen LogP contribution < -0.4 is 5.32 Å². The second kappa shape index (κ2) is 5.81. The molecule has 0 aliphatic carbocycles. The highest BCUT2D eigenvalue weighted by Gasteiger charge is 2.28. The Bertz CT molecular complexity index is 529. The van der Waals surface area contributed by atoms with Crippen LogP contribution in [0.3, 0.4) is 0 Å². The molecule has 0 aromatic carbocycles. The zero-order valence-corrected chi connectivity index (χ0v) is 12.0. The minimum absolute atomic E-state index is 0.0272. The second-order valence-electron chi connectivity index (χ2n) is 5.42. The number of aromatic nitrogens is 2. The lowest BCUT2D eigenvalue weighted by Crippen LogP contribution is -2.38. The van der Waals surface area contributed by atoms with Crippen molar-refractivity contribution in [1.82, 2.24) is 14.9 Å². The SMILES string of the molecule is CC(NC(c1ccco1)c1nccn1C)C1CCOC1. The molecule has 3 heterocycles. The molecule has 1 aliphatic rings. The average molecular weight is 275 g/mol. The van der Waals surface area contributed by atoms with Gasteiger partial charge in [0, 0.05) is 32.1 Å². The van der Waals surface area contributed by atoms with E-state index in [0.29, 0.717) is 12.0 Å². The van der Waals surface area contributed by atoms with Crippen molar-refractivity contribution in [2.45, 2.75) is 25.4 Å². The zero-order valence-electron chi connectivity index (χ0n) is 12.0. The predicted octanol–water partition coefficient (Wildman–Crippen LogP) is 2.12. The maximum atomic E-state index is 5.59. The van der Waals surface area contributed by atoms with E-state index in [2.05, 4.69) is 17.2 Å². The molecule has 1 saturated heterocycles. The van der Waals surface area contributed by atoms with E-state index in [1.807, 2.05) is 36.1 Å². The van der Waals surface area contributed by atoms with E-state index in [-0.39, 0.29) is 6.04 Å². The van der Waals surface area contributed by atoms with Crippen LogP contribution in [0.4, 0.5) is 0 Å². The lowest BCUT2D eigenvalue weighted by atomic mass is 9.99. The van der Waals surface area contributed by atoms with Gasteiger partial charge in [-0.1, -0.05) is 0 Å². The molecular formula is C15H21N3O2. The van der Waals surface area contributed by atoms with Crippen molar-refractivity contribution in [3.63, 3.8) is 0 Å². The van der Waals surface area contributed by atoms with Crippen LogP contribution in [0.2, 0.25) is 0 Å². The van der Waals surface area contributed by atoms with E-state index >= 15 is 0 Å². The summed E-state index contributed by atoms with van der Waals surface area (Å²) in [6.07, 6.45) is 6.59. The molecule has 0 radical (unpaired) electrons. The van der Waals surface area contributed by atoms with Gasteiger partial charge in [0.05, 0.1) is 12.9 Å². The summed E-state index contributed by atoms with van der Waals surface area (Å²) in [6.45, 7) is 3.91. The molecule has 108 valence electrons. The van der Waals surface area contributed by atoms with Crippen molar-refractivity contribution in [3.8, 4) is 0 Å². The van der Waals surface area contributed by atoms with Gasteiger partial charge in [-0.15, -0.1) is 0 Å². The van der Waals surface area contributed by atoms with E-state index in [0.717, 1.165) is 31.2 Å². The molecule has 2 aromatic rings. The molecule has 5 nitrogen and oxygen atoms in total. The number of furan rings is 1. The molecule has 0 saturated carbocycles. The van der Waals surface area contributed by atoms with E-state index < -0.39 is 0 Å². The number of hydrogen-bond acceptors (Lipinski definition) is 4. The van der Waals surface area contributed by atoms with Gasteiger partial charge in [-0.05, 0) is 31.4 Å². The Morgan fingerprint density at radius 3 is 3.00 bits per heavy atom. The van der Waals surface area contributed by atoms with Crippen molar-refractivity contribution in [1.29, 1.82) is 0 Å². The third kappa shape index (κ3) is 2.64. The third-order valence-electron chi connectivity index (χ3n) is 4.05. The third-order valence-corrected chi connectivity index (χ3v) is 4.05. The molecule has 5 heteroatoms. The first-order valence-corrected chi connectivity index (χ1v) is 7.10. The summed E-state index contributed by atoms with van der Waals surface area (Å²) in [4.78, 5) is 4.46. The maximum Gasteiger partial charge on any atom is 0.133 e. The van der Waals surface area contributed by atoms with Gasteiger partial charge in [-0.25, -0.2) is 4.98 Å². The first kappa shape index (κ1) is 13.4. The van der Waals surface area contributed by atoms with Gasteiger partial charge in [0.2, 0.25) is 0 Å². The van der Waals surface area contributed by atoms with Gasteiger partial charge in [-0.2, -0.15) is 0 Å². The van der Waals surface area contributed by atoms with Gasteiger partial charge in [-0.3, -0.25) is 5.32 Å². The Hall–Kier alpha value is -1.59. The van der Waals surface area contributed by atoms with Gasteiger partial charge >= 0.3 is 0 Å². The summed E-state index contributed by atoms with van der Waals surface area (Å²) in [5, 5.41) is 3.65. The van der Waals surface area contributed by atoms with Crippen molar-refractivity contribution in [3.05, 3.63) is 42.4 Å². The molecule has 1 N–H and O–H groups in total. The van der Waals surface area contributed by atoms with Crippen LogP contribution in [0.5, 0.6) is 0 Å². The average Bonchev–Trinajstić information content (AvgIpc) is 3.18. The Balaban J connectivity index is 1.81. The number of aryl methyl sites for hydroxylation is 1. The smallest absolute Gasteiger partial charge is 0.133 e. The molecule has 0 amide bonds. The topological polar surface area (TPSA) is 52.2 Å². The summed E-state index contributed by atoms with van der Waals surface area (Å²) >= 11 is 0. The largest absolute Gasteiger partial charge is 0.467 e. The molecule has 3 rings (SSSR count). The van der Waals surface area contributed by atoms with Crippen molar-refractivity contribution >= 4 is 0 Å². The summed E-state index contributed by atoms with van der Waals surface area (Å²) < 4.78 is 13.1. The normalized spacial score (nSPS) is 22.0. The Morgan fingerprint density at radius 2 is 2.40 bits per heavy atom. The monoisotopic (exact) mass is 275 g/mol. The molecule has 0 bridgehead atoms. The highest BCUT2D eigenvalue weighted by Crippen LogP contribution is 2.24. The first-order valence-electron chi connectivity index (χ1n) is 7.10. The van der Waals surface area contributed by atoms with Gasteiger partial charge in [0.1, 0.15) is 17.6 Å². The van der Waals surface area contributed by atoms with E-state index in [1.165, 1.54) is 0 Å². The molecule has 1 fully saturated rings. The number of rotatable bonds is 5. The fourth-order valence-corrected chi connectivity index (χ4v) is 2.74. The quantitative estimate of drug-likeness (QED) is 0.908. The Kier molecular flexibility index (Phi) is 3.89. The van der Waals surface area contributed by atoms with Crippen LogP contribution in [0.15, 0.2) is 35.2 Å². The van der Waals surface area contributed by atoms with E-state index in [9.17, 15) is 0 Å². The zero-order chi connectivity index (χ0) is 13.9. The van der Waals surface area contributed by atoms with E-state index in [1.54, 1.807) is 6.26 Å². The molecule has 20 heavy (non-hydrogen) atoms. The Labute approximate surface area is 118 Å². The molecular weight excluding hydrogens is 254 g/mol. The fraction of sp³-hybridized carbons (Fsp3) is 0.533. The van der Waals surface area contributed by atoms with E-state index in [4.69, 9.17) is 9.15 Å². The summed E-state index contributed by atoms with van der Waals surface area (Å²) in [6, 6.07) is 4.23. The molecule has 2 aromatic heterocycles. The fourth-order valence-electron chi connectivity index (χ4n) is 2.74. The highest BCUT2D eigenvalue weighted by atomic mass is 16.5. The summed E-state index contributed by atoms with van der Waals surface area (Å²) in [5.41, 5.74) is 0. The summed E-state index contributed by atoms with van der Waals surface area (Å²) in [5.74, 6) is 2.41. The van der Waals surface area contributed by atoms with Gasteiger partial charge in [0.25, 0.3) is 0 Å². The lowest BCUT2D eigenvalue weighted by Gasteiger charge is -2.25. The Morgan fingerprint density at radius 1 is 1.50 bits per heavy atom. The van der Waals surface area contributed by atoms with Crippen LogP contribution in [-0.2, 0) is 11.8 Å². The van der Waals surface area contributed by atoms with Crippen LogP contribution in [0.25, 0.3) is 0 Å². The number of hydrogen-bond donors (Lipinski definition) is 1. The van der Waals surface area contributed by atoms with Crippen molar-refractivity contribution < 1.29 is 9.15 Å². The van der Waals surface area contributed by atoms with Crippen LogP contribution in [-0.4, -0.2) is 28.8 Å². The number of nitrogens with zero attached hydrogens (tertiary/aromatic N) is 2. The minimum Gasteiger partial charge on any atom is -0.467 e. The molecule has 3 atom stereocenters. The molecule has 1 aliphatic heterocycles. The van der Waals surface area contributed by atoms with Crippen molar-refractivity contribution in [2.24, 2.45) is 13.0 Å². The van der Waals surface area contributed by atoms with Gasteiger partial charge < -0.3 is 13.7 Å². The minimum atomic E-state index is -0.0272. The van der Waals surface area contributed by atoms with Gasteiger partial charge in [0.15, 0.2) is 0 Å².